The topological polar surface area (TPSA) is 224 Å². The molecule has 0 bridgehead atoms. The largest absolute Gasteiger partial charge is 0.386 e. The summed E-state index contributed by atoms with van der Waals surface area (Å²) in [7, 11) is 2.49. The monoisotopic (exact) mass is 670 g/mol. The molecule has 4 saturated heterocycles. The highest BCUT2D eigenvalue weighted by molar-refractivity contribution is 7.79. The standard InChI is InChI=1S/C21H24B2F2N8O10P2/c22-44(36)39-3-9-15(13(34)21(41-9)32-1-7(24)10-17(32)28-5-30-19(10)35)43-45(23,37)38-2-8-14(42-44)11(25)20(40-8)33-6-31-12-16(26)27-4-29-18(12)33/h1,4,6,8-11,13-15,17,20-21,28,34H,2-3,5H2,(H,30,35)(H2,26,27,29)/t8-,9-,10?,11+,13+,14?,15?,17?,20-,21-,44-,45-/m1/s1. The molecule has 4 fully saturated rings. The molecule has 238 valence electrons. The molecule has 0 aromatic carbocycles. The molecule has 1 amide bonds. The molecule has 7 heterocycles. The number of anilines is 1. The summed E-state index contributed by atoms with van der Waals surface area (Å²) in [4.78, 5) is 25.4. The number of nitrogens with two attached hydrogens (primary N) is 1. The first-order chi connectivity index (χ1) is 21.3. The van der Waals surface area contributed by atoms with Crippen LogP contribution < -0.4 is 16.4 Å². The van der Waals surface area contributed by atoms with E-state index < -0.39 is 101 Å². The first kappa shape index (κ1) is 31.1. The number of carbonyl (C=O) groups excluding carboxylic acids is 1. The molecule has 0 aliphatic carbocycles. The van der Waals surface area contributed by atoms with Crippen molar-refractivity contribution < 1.29 is 55.4 Å². The smallest absolute Gasteiger partial charge is 0.264 e. The van der Waals surface area contributed by atoms with Crippen LogP contribution >= 0.6 is 14.9 Å². The second-order valence-corrected chi connectivity index (χ2v) is 13.9. The highest BCUT2D eigenvalue weighted by Crippen LogP contribution is 2.53. The normalized spacial score (nSPS) is 43.9. The van der Waals surface area contributed by atoms with Crippen molar-refractivity contribution in [2.45, 2.75) is 55.3 Å². The Morgan fingerprint density at radius 3 is 2.44 bits per heavy atom. The molecule has 4 unspecified atom stereocenters. The summed E-state index contributed by atoms with van der Waals surface area (Å²) in [6.45, 7) is -1.43. The lowest BCUT2D eigenvalue weighted by molar-refractivity contribution is -0.133. The van der Waals surface area contributed by atoms with E-state index in [0.717, 1.165) is 12.5 Å². The van der Waals surface area contributed by atoms with Crippen LogP contribution in [0.1, 0.15) is 6.23 Å². The van der Waals surface area contributed by atoms with Gasteiger partial charge in [0.05, 0.1) is 26.2 Å². The Morgan fingerprint density at radius 1 is 1.04 bits per heavy atom. The minimum absolute atomic E-state index is 0.00607. The highest BCUT2D eigenvalue weighted by Gasteiger charge is 2.56. The zero-order valence-electron chi connectivity index (χ0n) is 22.9. The third-order valence-corrected chi connectivity index (χ3v) is 10.1. The van der Waals surface area contributed by atoms with E-state index in [0.29, 0.717) is 0 Å². The second kappa shape index (κ2) is 11.3. The SMILES string of the molecule is [B][P@@]1(=O)OC[C@H]2O[C@@H](n3cnc4c(N)ncnc43)[C@@H](F)C2O[P@]([B])(=O)OC[C@H]2O[C@@H](N3C=C(F)C4C(=O)NCNC43)[C@@H](O)C2O1. The molecule has 2 aromatic heterocycles. The molecule has 7 rings (SSSR count). The van der Waals surface area contributed by atoms with Gasteiger partial charge in [-0.05, 0) is 0 Å². The maximum Gasteiger partial charge on any atom is 0.264 e. The second-order valence-electron chi connectivity index (χ2n) is 10.8. The predicted octanol–water partition coefficient (Wildman–Crippen LogP) is -1.15. The van der Waals surface area contributed by atoms with Gasteiger partial charge in [0.25, 0.3) is 14.9 Å². The van der Waals surface area contributed by atoms with E-state index in [1.165, 1.54) is 15.8 Å². The number of alkyl halides is 1. The van der Waals surface area contributed by atoms with Crippen LogP contribution in [0.15, 0.2) is 24.7 Å². The Bertz CT molecular complexity index is 1640. The Hall–Kier alpha value is -2.51. The number of carbonyl (C=O) groups is 1. The van der Waals surface area contributed by atoms with E-state index in [9.17, 15) is 23.4 Å². The molecule has 18 nitrogen and oxygen atoms in total. The Labute approximate surface area is 255 Å². The number of imidazole rings is 1. The summed E-state index contributed by atoms with van der Waals surface area (Å²) >= 11 is 0. The molecule has 45 heavy (non-hydrogen) atoms. The van der Waals surface area contributed by atoms with Crippen molar-refractivity contribution >= 4 is 53.0 Å². The van der Waals surface area contributed by atoms with Gasteiger partial charge < -0.3 is 48.6 Å². The van der Waals surface area contributed by atoms with Gasteiger partial charge in [0, 0.05) is 6.20 Å². The molecule has 24 heteroatoms. The first-order valence-electron chi connectivity index (χ1n) is 13.5. The predicted molar refractivity (Wildman–Crippen MR) is 146 cm³/mol. The van der Waals surface area contributed by atoms with Crippen LogP contribution in [0.4, 0.5) is 14.6 Å². The third-order valence-electron chi connectivity index (χ3n) is 7.97. The van der Waals surface area contributed by atoms with Crippen molar-refractivity contribution in [3.8, 4) is 0 Å². The Morgan fingerprint density at radius 2 is 1.71 bits per heavy atom. The van der Waals surface area contributed by atoms with E-state index in [4.69, 9.17) is 48.4 Å². The van der Waals surface area contributed by atoms with Crippen molar-refractivity contribution in [2.24, 2.45) is 5.92 Å². The third kappa shape index (κ3) is 5.50. The number of nitrogens with zero attached hydrogens (tertiary/aromatic N) is 5. The lowest BCUT2D eigenvalue weighted by atomic mass is 10.0. The number of aliphatic hydroxyl groups excluding tert-OH is 1. The van der Waals surface area contributed by atoms with Gasteiger partial charge in [-0.3, -0.25) is 23.8 Å². The van der Waals surface area contributed by atoms with Crippen LogP contribution in [0.3, 0.4) is 0 Å². The number of nitrogens with one attached hydrogen (secondary N) is 2. The van der Waals surface area contributed by atoms with Gasteiger partial charge in [-0.25, -0.2) is 23.7 Å². The van der Waals surface area contributed by atoms with Gasteiger partial charge in [-0.1, -0.05) is 0 Å². The highest BCUT2D eigenvalue weighted by atomic mass is 31.2. The van der Waals surface area contributed by atoms with Crippen molar-refractivity contribution in [1.82, 2.24) is 35.1 Å². The molecule has 5 N–H and O–H groups in total. The number of aliphatic hydroxyl groups is 1. The summed E-state index contributed by atoms with van der Waals surface area (Å²) in [5.41, 5.74) is 6.10. The fraction of sp³-hybridized carbons (Fsp3) is 0.619. The summed E-state index contributed by atoms with van der Waals surface area (Å²) < 4.78 is 91.6. The van der Waals surface area contributed by atoms with Crippen LogP contribution in [0.5, 0.6) is 0 Å². The zero-order chi connectivity index (χ0) is 31.8. The van der Waals surface area contributed by atoms with Crippen LogP contribution in [0.2, 0.25) is 0 Å². The molecule has 4 radical (unpaired) electrons. The van der Waals surface area contributed by atoms with Gasteiger partial charge in [0.15, 0.2) is 30.1 Å². The van der Waals surface area contributed by atoms with E-state index in [1.807, 2.05) is 0 Å². The van der Waals surface area contributed by atoms with Gasteiger partial charge in [-0.15, -0.1) is 0 Å². The fourth-order valence-corrected chi connectivity index (χ4v) is 7.94. The van der Waals surface area contributed by atoms with E-state index in [2.05, 4.69) is 25.6 Å². The number of rotatable bonds is 2. The average Bonchev–Trinajstić information content (AvgIpc) is 3.71. The Kier molecular flexibility index (Phi) is 7.83. The molecule has 5 aliphatic heterocycles. The number of halogens is 2. The fourth-order valence-electron chi connectivity index (χ4n) is 5.92. The van der Waals surface area contributed by atoms with Crippen molar-refractivity contribution in [1.29, 1.82) is 0 Å². The van der Waals surface area contributed by atoms with Gasteiger partial charge in [0.2, 0.25) is 21.0 Å². The number of hydrogen-bond donors (Lipinski definition) is 4. The van der Waals surface area contributed by atoms with Gasteiger partial charge in [0.1, 0.15) is 60.3 Å². The van der Waals surface area contributed by atoms with E-state index in [1.54, 1.807) is 0 Å². The van der Waals surface area contributed by atoms with Crippen molar-refractivity contribution in [3.63, 3.8) is 0 Å². The quantitative estimate of drug-likeness (QED) is 0.219. The molecule has 5 aliphatic rings. The number of ether oxygens (including phenoxy) is 2. The maximum absolute atomic E-state index is 15.9. The van der Waals surface area contributed by atoms with Gasteiger partial charge in [-0.2, -0.15) is 0 Å². The molecular weight excluding hydrogens is 646 g/mol. The lowest BCUT2D eigenvalue weighted by Gasteiger charge is -2.37. The van der Waals surface area contributed by atoms with Crippen LogP contribution in [-0.4, -0.2) is 120 Å². The van der Waals surface area contributed by atoms with Crippen molar-refractivity contribution in [2.75, 3.05) is 25.6 Å². The number of amides is 1. The summed E-state index contributed by atoms with van der Waals surface area (Å²) in [6.07, 6.45) is -10.4. The summed E-state index contributed by atoms with van der Waals surface area (Å²) in [6, 6.07) is 0. The Balaban J connectivity index is 1.13. The average molecular weight is 670 g/mol. The van der Waals surface area contributed by atoms with Gasteiger partial charge >= 0.3 is 0 Å². The van der Waals surface area contributed by atoms with E-state index >= 15 is 4.39 Å². The number of fused-ring (bicyclic) bond motifs is 4. The summed E-state index contributed by atoms with van der Waals surface area (Å²) in [5.74, 6) is -2.60. The lowest BCUT2D eigenvalue weighted by Crippen LogP contribution is -2.61. The maximum atomic E-state index is 15.9. The summed E-state index contributed by atoms with van der Waals surface area (Å²) in [5, 5.41) is 16.6. The van der Waals surface area contributed by atoms with Crippen LogP contribution in [0, 0.1) is 5.92 Å². The molecule has 0 spiro atoms. The number of aromatic nitrogens is 4. The minimum Gasteiger partial charge on any atom is -0.386 e. The minimum atomic E-state index is -4.61. The zero-order valence-corrected chi connectivity index (χ0v) is 24.7. The van der Waals surface area contributed by atoms with Crippen LogP contribution in [0.25, 0.3) is 11.2 Å². The van der Waals surface area contributed by atoms with Crippen LogP contribution in [-0.2, 0) is 41.5 Å². The molecule has 12 atom stereocenters. The number of hydrogen-bond acceptors (Lipinski definition) is 16. The van der Waals surface area contributed by atoms with E-state index in [-0.39, 0.29) is 23.7 Å². The molecular formula is C21H24B2F2N8O10P2. The van der Waals surface area contributed by atoms with Crippen molar-refractivity contribution in [3.05, 3.63) is 24.7 Å². The molecule has 0 saturated carbocycles. The molecule has 2 aromatic rings. The first-order valence-corrected chi connectivity index (χ1v) is 16.7. The number of nitrogen functional groups attached to an aromatic ring is 1.